The van der Waals surface area contributed by atoms with Gasteiger partial charge in [-0.15, -0.1) is 0 Å². The summed E-state index contributed by atoms with van der Waals surface area (Å²) in [5, 5.41) is 8.64. The summed E-state index contributed by atoms with van der Waals surface area (Å²) in [6.07, 6.45) is 0.963. The summed E-state index contributed by atoms with van der Waals surface area (Å²) >= 11 is 0. The number of carboxylic acid groups (broad SMARTS) is 1. The molecule has 0 aromatic rings. The lowest BCUT2D eigenvalue weighted by molar-refractivity contribution is 0.150. The van der Waals surface area contributed by atoms with Crippen LogP contribution in [0.5, 0.6) is 0 Å². The minimum absolute atomic E-state index is 0.0807. The summed E-state index contributed by atoms with van der Waals surface area (Å²) in [5.74, 6) is 0.507. The highest BCUT2D eigenvalue weighted by molar-refractivity contribution is 5.64. The van der Waals surface area contributed by atoms with Gasteiger partial charge in [-0.05, 0) is 18.8 Å². The van der Waals surface area contributed by atoms with E-state index in [1.807, 2.05) is 0 Å². The van der Waals surface area contributed by atoms with E-state index >= 15 is 0 Å². The van der Waals surface area contributed by atoms with Crippen molar-refractivity contribution in [3.63, 3.8) is 0 Å². The molecule has 0 aliphatic carbocycles. The molecule has 14 heavy (non-hydrogen) atoms. The second-order valence-corrected chi connectivity index (χ2v) is 3.89. The van der Waals surface area contributed by atoms with Gasteiger partial charge in [0.05, 0.1) is 0 Å². The van der Waals surface area contributed by atoms with Gasteiger partial charge in [0, 0.05) is 32.8 Å². The molecule has 1 heterocycles. The van der Waals surface area contributed by atoms with Crippen LogP contribution in [0.4, 0.5) is 4.79 Å². The van der Waals surface area contributed by atoms with Crippen LogP contribution in [0.2, 0.25) is 0 Å². The first-order chi connectivity index (χ1) is 6.59. The van der Waals surface area contributed by atoms with Crippen molar-refractivity contribution in [3.05, 3.63) is 0 Å². The Morgan fingerprint density at radius 3 is 3.00 bits per heavy atom. The third-order valence-corrected chi connectivity index (χ3v) is 2.49. The molecule has 0 aromatic heterocycles. The zero-order valence-electron chi connectivity index (χ0n) is 8.48. The molecule has 1 amide bonds. The highest BCUT2D eigenvalue weighted by atomic mass is 16.5. The first-order valence-corrected chi connectivity index (χ1v) is 4.87. The molecule has 3 N–H and O–H groups in total. The van der Waals surface area contributed by atoms with Gasteiger partial charge in [-0.1, -0.05) is 0 Å². The fourth-order valence-electron chi connectivity index (χ4n) is 1.70. The number of carbonyl (C=O) groups is 1. The molecular formula is C9H18N2O3. The average Bonchev–Trinajstić information content (AvgIpc) is 2.56. The third kappa shape index (κ3) is 3.51. The third-order valence-electron chi connectivity index (χ3n) is 2.49. The van der Waals surface area contributed by atoms with Crippen molar-refractivity contribution >= 4 is 6.09 Å². The SMILES string of the molecule is CN(C[C@H](N)CC1CCOC1)C(=O)O. The predicted molar refractivity (Wildman–Crippen MR) is 52.2 cm³/mol. The Bertz CT molecular complexity index is 192. The normalized spacial score (nSPS) is 23.4. The molecule has 5 nitrogen and oxygen atoms in total. The van der Waals surface area contributed by atoms with Crippen molar-refractivity contribution in [1.82, 2.24) is 4.90 Å². The molecule has 0 bridgehead atoms. The molecule has 1 fully saturated rings. The van der Waals surface area contributed by atoms with E-state index < -0.39 is 6.09 Å². The highest BCUT2D eigenvalue weighted by Crippen LogP contribution is 2.17. The van der Waals surface area contributed by atoms with Gasteiger partial charge in [0.2, 0.25) is 0 Å². The minimum atomic E-state index is -0.928. The maximum absolute atomic E-state index is 10.5. The van der Waals surface area contributed by atoms with Gasteiger partial charge in [-0.2, -0.15) is 0 Å². The predicted octanol–water partition coefficient (Wildman–Crippen LogP) is 0.350. The highest BCUT2D eigenvalue weighted by Gasteiger charge is 2.20. The number of hydrogen-bond donors (Lipinski definition) is 2. The molecule has 82 valence electrons. The monoisotopic (exact) mass is 202 g/mol. The Hall–Kier alpha value is -0.810. The van der Waals surface area contributed by atoms with Crippen LogP contribution >= 0.6 is 0 Å². The van der Waals surface area contributed by atoms with Crippen molar-refractivity contribution in [2.75, 3.05) is 26.8 Å². The quantitative estimate of drug-likeness (QED) is 0.689. The molecule has 2 atom stereocenters. The van der Waals surface area contributed by atoms with Crippen LogP contribution in [0.25, 0.3) is 0 Å². The second kappa shape index (κ2) is 5.17. The largest absolute Gasteiger partial charge is 0.465 e. The fraction of sp³-hybridized carbons (Fsp3) is 0.889. The molecule has 1 saturated heterocycles. The molecule has 1 unspecified atom stereocenters. The van der Waals surface area contributed by atoms with Crippen molar-refractivity contribution in [3.8, 4) is 0 Å². The van der Waals surface area contributed by atoms with Crippen LogP contribution in [0.15, 0.2) is 0 Å². The van der Waals surface area contributed by atoms with Gasteiger partial charge in [-0.25, -0.2) is 4.79 Å². The van der Waals surface area contributed by atoms with E-state index in [-0.39, 0.29) is 6.04 Å². The number of likely N-dealkylation sites (N-methyl/N-ethyl adjacent to an activating group) is 1. The number of hydrogen-bond acceptors (Lipinski definition) is 3. The summed E-state index contributed by atoms with van der Waals surface area (Å²) in [4.78, 5) is 11.7. The molecule has 0 spiro atoms. The van der Waals surface area contributed by atoms with Gasteiger partial charge in [0.15, 0.2) is 0 Å². The van der Waals surface area contributed by atoms with Crippen LogP contribution in [0.3, 0.4) is 0 Å². The first-order valence-electron chi connectivity index (χ1n) is 4.87. The molecule has 1 rings (SSSR count). The van der Waals surface area contributed by atoms with E-state index in [0.29, 0.717) is 12.5 Å². The lowest BCUT2D eigenvalue weighted by atomic mass is 9.99. The number of ether oxygens (including phenoxy) is 1. The first kappa shape index (κ1) is 11.3. The van der Waals surface area contributed by atoms with Gasteiger partial charge in [0.25, 0.3) is 0 Å². The molecular weight excluding hydrogens is 184 g/mol. The van der Waals surface area contributed by atoms with Crippen LogP contribution in [-0.4, -0.2) is 48.9 Å². The van der Waals surface area contributed by atoms with Crippen molar-refractivity contribution < 1.29 is 14.6 Å². The number of amides is 1. The molecule has 0 aromatic carbocycles. The van der Waals surface area contributed by atoms with Crippen LogP contribution in [-0.2, 0) is 4.74 Å². The molecule has 0 radical (unpaired) electrons. The second-order valence-electron chi connectivity index (χ2n) is 3.89. The van der Waals surface area contributed by atoms with E-state index in [9.17, 15) is 4.79 Å². The van der Waals surface area contributed by atoms with E-state index in [4.69, 9.17) is 15.6 Å². The molecule has 5 heteroatoms. The standard InChI is InChI=1S/C9H18N2O3/c1-11(9(12)13)5-8(10)4-7-2-3-14-6-7/h7-8H,2-6,10H2,1H3,(H,12,13)/t7?,8-/m1/s1. The van der Waals surface area contributed by atoms with Crippen LogP contribution in [0, 0.1) is 5.92 Å². The summed E-state index contributed by atoms with van der Waals surface area (Å²) in [5.41, 5.74) is 5.83. The summed E-state index contributed by atoms with van der Waals surface area (Å²) < 4.78 is 5.22. The Labute approximate surface area is 83.8 Å². The van der Waals surface area contributed by atoms with E-state index in [1.54, 1.807) is 0 Å². The Kier molecular flexibility index (Phi) is 4.16. The minimum Gasteiger partial charge on any atom is -0.465 e. The van der Waals surface area contributed by atoms with Crippen LogP contribution in [0.1, 0.15) is 12.8 Å². The summed E-state index contributed by atoms with van der Waals surface area (Å²) in [6, 6.07) is -0.0807. The number of nitrogens with zero attached hydrogens (tertiary/aromatic N) is 1. The lowest BCUT2D eigenvalue weighted by Crippen LogP contribution is -2.39. The molecule has 0 saturated carbocycles. The zero-order valence-corrected chi connectivity index (χ0v) is 8.48. The van der Waals surface area contributed by atoms with E-state index in [2.05, 4.69) is 0 Å². The number of nitrogens with two attached hydrogens (primary N) is 1. The summed E-state index contributed by atoms with van der Waals surface area (Å²) in [7, 11) is 1.54. The fourth-order valence-corrected chi connectivity index (χ4v) is 1.70. The maximum atomic E-state index is 10.5. The van der Waals surface area contributed by atoms with Crippen molar-refractivity contribution in [1.29, 1.82) is 0 Å². The van der Waals surface area contributed by atoms with Crippen molar-refractivity contribution in [2.24, 2.45) is 11.7 Å². The Balaban J connectivity index is 2.20. The zero-order chi connectivity index (χ0) is 10.6. The number of rotatable bonds is 4. The van der Waals surface area contributed by atoms with E-state index in [1.165, 1.54) is 11.9 Å². The summed E-state index contributed by atoms with van der Waals surface area (Å²) in [6.45, 7) is 1.97. The van der Waals surface area contributed by atoms with Crippen molar-refractivity contribution in [2.45, 2.75) is 18.9 Å². The van der Waals surface area contributed by atoms with Gasteiger partial charge < -0.3 is 20.5 Å². The Morgan fingerprint density at radius 2 is 2.50 bits per heavy atom. The maximum Gasteiger partial charge on any atom is 0.407 e. The van der Waals surface area contributed by atoms with Gasteiger partial charge in [-0.3, -0.25) is 0 Å². The topological polar surface area (TPSA) is 75.8 Å². The Morgan fingerprint density at radius 1 is 1.79 bits per heavy atom. The smallest absolute Gasteiger partial charge is 0.407 e. The van der Waals surface area contributed by atoms with Gasteiger partial charge >= 0.3 is 6.09 Å². The van der Waals surface area contributed by atoms with Crippen LogP contribution < -0.4 is 5.73 Å². The van der Waals surface area contributed by atoms with E-state index in [0.717, 1.165) is 26.1 Å². The lowest BCUT2D eigenvalue weighted by Gasteiger charge is -2.20. The molecule has 1 aliphatic rings. The average molecular weight is 202 g/mol. The molecule has 1 aliphatic heterocycles. The van der Waals surface area contributed by atoms with Gasteiger partial charge in [0.1, 0.15) is 0 Å².